The smallest absolute Gasteiger partial charge is 0.348 e. The maximum absolute atomic E-state index is 12.2. The molecule has 1 aliphatic rings. The van der Waals surface area contributed by atoms with E-state index in [1.165, 1.54) is 21.8 Å². The van der Waals surface area contributed by atoms with Crippen LogP contribution in [0.1, 0.15) is 53.3 Å². The number of rotatable bonds is 5. The number of aryl methyl sites for hydroxylation is 1. The standard InChI is InChI=1S/C18H23N3O3S/c1-11(2)21-16(6-7-19-21)20-17(22)10-24-18(23)15-9-13-8-12(3)4-5-14(13)25-15/h6-7,9,11-12H,4-5,8,10H2,1-3H3,(H,20,22)/t12-/m1/s1. The Balaban J connectivity index is 1.55. The number of anilines is 1. The van der Waals surface area contributed by atoms with E-state index in [1.807, 2.05) is 19.9 Å². The van der Waals surface area contributed by atoms with Gasteiger partial charge in [-0.15, -0.1) is 11.3 Å². The second kappa shape index (κ2) is 7.39. The summed E-state index contributed by atoms with van der Waals surface area (Å²) >= 11 is 1.49. The molecule has 0 spiro atoms. The first kappa shape index (κ1) is 17.7. The van der Waals surface area contributed by atoms with E-state index in [9.17, 15) is 9.59 Å². The average molecular weight is 361 g/mol. The summed E-state index contributed by atoms with van der Waals surface area (Å²) in [6.07, 6.45) is 4.82. The summed E-state index contributed by atoms with van der Waals surface area (Å²) in [5.41, 5.74) is 1.25. The molecule has 1 N–H and O–H groups in total. The molecule has 0 saturated heterocycles. The molecule has 1 amide bonds. The molecule has 0 saturated carbocycles. The van der Waals surface area contributed by atoms with Crippen LogP contribution in [0, 0.1) is 5.92 Å². The van der Waals surface area contributed by atoms with E-state index >= 15 is 0 Å². The quantitative estimate of drug-likeness (QED) is 0.828. The van der Waals surface area contributed by atoms with Crippen molar-refractivity contribution in [1.82, 2.24) is 9.78 Å². The Hall–Kier alpha value is -2.15. The predicted molar refractivity (Wildman–Crippen MR) is 97.0 cm³/mol. The Bertz CT molecular complexity index is 778. The molecule has 134 valence electrons. The molecule has 0 fully saturated rings. The minimum absolute atomic E-state index is 0.132. The largest absolute Gasteiger partial charge is 0.451 e. The van der Waals surface area contributed by atoms with E-state index in [-0.39, 0.29) is 18.6 Å². The number of esters is 1. The van der Waals surface area contributed by atoms with E-state index < -0.39 is 5.97 Å². The van der Waals surface area contributed by atoms with E-state index in [2.05, 4.69) is 17.3 Å². The van der Waals surface area contributed by atoms with E-state index in [0.29, 0.717) is 16.6 Å². The molecule has 0 unspecified atom stereocenters. The molecule has 0 bridgehead atoms. The summed E-state index contributed by atoms with van der Waals surface area (Å²) < 4.78 is 6.88. The fourth-order valence-corrected chi connectivity index (χ4v) is 4.11. The lowest BCUT2D eigenvalue weighted by Gasteiger charge is -2.16. The highest BCUT2D eigenvalue weighted by molar-refractivity contribution is 7.14. The Morgan fingerprint density at radius 1 is 1.48 bits per heavy atom. The van der Waals surface area contributed by atoms with Crippen molar-refractivity contribution in [3.05, 3.63) is 33.6 Å². The van der Waals surface area contributed by atoms with Gasteiger partial charge in [-0.1, -0.05) is 6.92 Å². The van der Waals surface area contributed by atoms with Crippen LogP contribution in [0.25, 0.3) is 0 Å². The number of carbonyl (C=O) groups excluding carboxylic acids is 2. The summed E-state index contributed by atoms with van der Waals surface area (Å²) in [6, 6.07) is 3.77. The lowest BCUT2D eigenvalue weighted by molar-refractivity contribution is -0.119. The predicted octanol–water partition coefficient (Wildman–Crippen LogP) is 3.45. The second-order valence-corrected chi connectivity index (χ2v) is 7.92. The van der Waals surface area contributed by atoms with Gasteiger partial charge in [0.25, 0.3) is 5.91 Å². The number of ether oxygens (including phenoxy) is 1. The summed E-state index contributed by atoms with van der Waals surface area (Å²) in [4.78, 5) is 26.1. The molecular weight excluding hydrogens is 338 g/mol. The van der Waals surface area contributed by atoms with Gasteiger partial charge in [-0.05, 0) is 50.7 Å². The molecular formula is C18H23N3O3S. The number of nitrogens with zero attached hydrogens (tertiary/aromatic N) is 2. The SMILES string of the molecule is CC(C)n1nccc1NC(=O)COC(=O)c1cc2c(s1)CC[C@@H](C)C2. The summed E-state index contributed by atoms with van der Waals surface area (Å²) in [6.45, 7) is 5.87. The number of hydrogen-bond acceptors (Lipinski definition) is 5. The van der Waals surface area contributed by atoms with Crippen LogP contribution >= 0.6 is 11.3 Å². The van der Waals surface area contributed by atoms with Crippen molar-refractivity contribution in [2.45, 2.75) is 46.1 Å². The Morgan fingerprint density at radius 3 is 3.04 bits per heavy atom. The van der Waals surface area contributed by atoms with Crippen LogP contribution in [0.4, 0.5) is 5.82 Å². The highest BCUT2D eigenvalue weighted by atomic mass is 32.1. The Kier molecular flexibility index (Phi) is 5.22. The van der Waals surface area contributed by atoms with Gasteiger partial charge in [-0.2, -0.15) is 5.10 Å². The number of fused-ring (bicyclic) bond motifs is 1. The molecule has 0 radical (unpaired) electrons. The Labute approximate surface area is 151 Å². The topological polar surface area (TPSA) is 73.2 Å². The maximum atomic E-state index is 12.2. The van der Waals surface area contributed by atoms with Crippen molar-refractivity contribution in [2.75, 3.05) is 11.9 Å². The van der Waals surface area contributed by atoms with E-state index in [4.69, 9.17) is 4.74 Å². The van der Waals surface area contributed by atoms with Crippen LogP contribution < -0.4 is 5.32 Å². The minimum Gasteiger partial charge on any atom is -0.451 e. The molecule has 1 aliphatic carbocycles. The third-order valence-corrected chi connectivity index (χ3v) is 5.51. The molecule has 1 atom stereocenters. The van der Waals surface area contributed by atoms with Gasteiger partial charge in [-0.3, -0.25) is 4.79 Å². The fraction of sp³-hybridized carbons (Fsp3) is 0.500. The zero-order valence-electron chi connectivity index (χ0n) is 14.7. The summed E-state index contributed by atoms with van der Waals surface area (Å²) in [7, 11) is 0. The summed E-state index contributed by atoms with van der Waals surface area (Å²) in [5, 5.41) is 6.87. The van der Waals surface area contributed by atoms with Gasteiger partial charge >= 0.3 is 5.97 Å². The second-order valence-electron chi connectivity index (χ2n) is 6.79. The molecule has 2 aromatic rings. The van der Waals surface area contributed by atoms with Gasteiger partial charge in [0.1, 0.15) is 10.7 Å². The fourth-order valence-electron chi connectivity index (χ4n) is 3.01. The number of carbonyl (C=O) groups is 2. The molecule has 2 aromatic heterocycles. The first-order valence-electron chi connectivity index (χ1n) is 8.56. The van der Waals surface area contributed by atoms with Gasteiger partial charge in [0.05, 0.1) is 6.20 Å². The Morgan fingerprint density at radius 2 is 2.28 bits per heavy atom. The number of thiophene rings is 1. The average Bonchev–Trinajstić information content (AvgIpc) is 3.18. The van der Waals surface area contributed by atoms with Gasteiger partial charge in [0, 0.05) is 17.0 Å². The molecule has 6 nitrogen and oxygen atoms in total. The molecule has 3 rings (SSSR count). The summed E-state index contributed by atoms with van der Waals surface area (Å²) in [5.74, 6) is 0.449. The van der Waals surface area contributed by atoms with Crippen LogP contribution in [0.2, 0.25) is 0 Å². The number of hydrogen-bond donors (Lipinski definition) is 1. The molecule has 0 aromatic carbocycles. The lowest BCUT2D eigenvalue weighted by atomic mass is 9.90. The number of amides is 1. The molecule has 0 aliphatic heterocycles. The zero-order chi connectivity index (χ0) is 18.0. The third-order valence-electron chi connectivity index (χ3n) is 4.29. The maximum Gasteiger partial charge on any atom is 0.348 e. The van der Waals surface area contributed by atoms with E-state index in [0.717, 1.165) is 19.3 Å². The van der Waals surface area contributed by atoms with Gasteiger partial charge < -0.3 is 10.1 Å². The van der Waals surface area contributed by atoms with Crippen molar-refractivity contribution in [1.29, 1.82) is 0 Å². The van der Waals surface area contributed by atoms with Crippen LogP contribution in [0.15, 0.2) is 18.3 Å². The first-order valence-corrected chi connectivity index (χ1v) is 9.37. The third kappa shape index (κ3) is 4.10. The number of nitrogens with one attached hydrogen (secondary N) is 1. The highest BCUT2D eigenvalue weighted by Crippen LogP contribution is 2.32. The van der Waals surface area contributed by atoms with Gasteiger partial charge in [0.15, 0.2) is 6.61 Å². The number of aromatic nitrogens is 2. The van der Waals surface area contributed by atoms with Crippen molar-refractivity contribution in [3.8, 4) is 0 Å². The van der Waals surface area contributed by atoms with Gasteiger partial charge in [0.2, 0.25) is 0 Å². The molecule has 2 heterocycles. The van der Waals surface area contributed by atoms with Crippen LogP contribution in [0.5, 0.6) is 0 Å². The van der Waals surface area contributed by atoms with Crippen molar-refractivity contribution >= 4 is 29.0 Å². The van der Waals surface area contributed by atoms with E-state index in [1.54, 1.807) is 16.9 Å². The van der Waals surface area contributed by atoms with Crippen LogP contribution in [-0.4, -0.2) is 28.3 Å². The van der Waals surface area contributed by atoms with Crippen LogP contribution in [0.3, 0.4) is 0 Å². The van der Waals surface area contributed by atoms with Crippen molar-refractivity contribution in [2.24, 2.45) is 5.92 Å². The molecule has 25 heavy (non-hydrogen) atoms. The van der Waals surface area contributed by atoms with Gasteiger partial charge in [-0.25, -0.2) is 9.48 Å². The van der Waals surface area contributed by atoms with Crippen LogP contribution in [-0.2, 0) is 22.4 Å². The molecule has 7 heteroatoms. The monoisotopic (exact) mass is 361 g/mol. The normalized spacial score (nSPS) is 16.6. The minimum atomic E-state index is -0.431. The first-order chi connectivity index (χ1) is 11.9. The highest BCUT2D eigenvalue weighted by Gasteiger charge is 2.22. The van der Waals surface area contributed by atoms with Crippen molar-refractivity contribution in [3.63, 3.8) is 0 Å². The lowest BCUT2D eigenvalue weighted by Crippen LogP contribution is -2.22. The van der Waals surface area contributed by atoms with Crippen molar-refractivity contribution < 1.29 is 14.3 Å². The zero-order valence-corrected chi connectivity index (χ0v) is 15.6.